The highest BCUT2D eigenvalue weighted by molar-refractivity contribution is 5.73. The van der Waals surface area contributed by atoms with Crippen LogP contribution in [0.2, 0.25) is 0 Å². The molecule has 216 valence electrons. The molecule has 0 aromatic carbocycles. The second kappa shape index (κ2) is 10.4. The molecule has 0 unspecified atom stereocenters. The van der Waals surface area contributed by atoms with Crippen molar-refractivity contribution in [3.63, 3.8) is 0 Å². The van der Waals surface area contributed by atoms with Gasteiger partial charge in [0, 0.05) is 25.6 Å². The van der Waals surface area contributed by atoms with Crippen LogP contribution in [-0.4, -0.2) is 46.7 Å². The molecule has 38 heavy (non-hydrogen) atoms. The van der Waals surface area contributed by atoms with E-state index in [1.165, 1.54) is 44.1 Å². The Morgan fingerprint density at radius 3 is 2.29 bits per heavy atom. The summed E-state index contributed by atoms with van der Waals surface area (Å²) in [4.78, 5) is 13.6. The topological polar surface area (TPSA) is 52.6 Å². The highest BCUT2D eigenvalue weighted by atomic mass is 16.3. The van der Waals surface area contributed by atoms with Crippen LogP contribution in [0.15, 0.2) is 24.8 Å². The van der Waals surface area contributed by atoms with E-state index in [-0.39, 0.29) is 22.3 Å². The summed E-state index contributed by atoms with van der Waals surface area (Å²) in [6.07, 6.45) is 12.9. The van der Waals surface area contributed by atoms with Crippen molar-refractivity contribution in [2.24, 2.45) is 39.9 Å². The zero-order valence-electron chi connectivity index (χ0n) is 25.8. The standard InChI is InChI=1S/C34H58N2O2/c1-10-14-30(5,6)28-12-11-27-29-26(24(2)3)13-15-34(29,17-16-32(27,9)31(28,7)8)35-21-18-33(38)19-22-36(23-20-33)25(4)37/h10,26-29,35,38H,1-2,11-23H2,3-9H3/t26-,27+,28+,29+,32+,34-/m0/s1. The Morgan fingerprint density at radius 2 is 1.71 bits per heavy atom. The molecule has 0 aromatic rings. The first-order valence-corrected chi connectivity index (χ1v) is 15.6. The Labute approximate surface area is 234 Å². The zero-order chi connectivity index (χ0) is 28.1. The van der Waals surface area contributed by atoms with Gasteiger partial charge in [0.15, 0.2) is 0 Å². The number of aliphatic hydroxyl groups is 1. The van der Waals surface area contributed by atoms with E-state index in [1.54, 1.807) is 6.92 Å². The summed E-state index contributed by atoms with van der Waals surface area (Å²) < 4.78 is 0. The van der Waals surface area contributed by atoms with Crippen molar-refractivity contribution in [1.82, 2.24) is 10.2 Å². The largest absolute Gasteiger partial charge is 0.390 e. The molecule has 1 heterocycles. The van der Waals surface area contributed by atoms with Gasteiger partial charge in [-0.2, -0.15) is 0 Å². The van der Waals surface area contributed by atoms with E-state index in [4.69, 9.17) is 0 Å². The third-order valence-electron chi connectivity index (χ3n) is 12.9. The maximum absolute atomic E-state index is 11.8. The molecule has 1 saturated heterocycles. The van der Waals surface area contributed by atoms with Gasteiger partial charge in [-0.15, -0.1) is 6.58 Å². The molecule has 3 saturated carbocycles. The number of nitrogens with one attached hydrogen (secondary N) is 1. The fraction of sp³-hybridized carbons (Fsp3) is 0.853. The van der Waals surface area contributed by atoms with E-state index in [2.05, 4.69) is 66.1 Å². The quantitative estimate of drug-likeness (QED) is 0.331. The summed E-state index contributed by atoms with van der Waals surface area (Å²) in [5.41, 5.74) is 1.70. The maximum atomic E-state index is 11.8. The van der Waals surface area contributed by atoms with Crippen LogP contribution in [0.1, 0.15) is 113 Å². The molecule has 0 spiro atoms. The minimum atomic E-state index is -0.655. The number of carbonyl (C=O) groups excluding carboxylic acids is 1. The van der Waals surface area contributed by atoms with E-state index in [9.17, 15) is 9.90 Å². The smallest absolute Gasteiger partial charge is 0.219 e. The van der Waals surface area contributed by atoms with Crippen LogP contribution in [0, 0.1) is 39.9 Å². The van der Waals surface area contributed by atoms with Gasteiger partial charge in [0.05, 0.1) is 5.60 Å². The Hall–Kier alpha value is -1.13. The molecule has 3 aliphatic carbocycles. The number of rotatable bonds is 8. The fourth-order valence-corrected chi connectivity index (χ4v) is 10.3. The van der Waals surface area contributed by atoms with E-state index in [0.717, 1.165) is 19.4 Å². The predicted molar refractivity (Wildman–Crippen MR) is 159 cm³/mol. The molecule has 1 amide bonds. The van der Waals surface area contributed by atoms with Gasteiger partial charge in [-0.1, -0.05) is 52.8 Å². The molecule has 2 N–H and O–H groups in total. The summed E-state index contributed by atoms with van der Waals surface area (Å²) in [6.45, 7) is 27.5. The number of nitrogens with zero attached hydrogens (tertiary/aromatic N) is 1. The second-order valence-electron chi connectivity index (χ2n) is 15.4. The molecule has 0 bridgehead atoms. The van der Waals surface area contributed by atoms with Crippen molar-refractivity contribution in [2.45, 2.75) is 124 Å². The van der Waals surface area contributed by atoms with Gasteiger partial charge in [0.2, 0.25) is 5.91 Å². The number of allylic oxidation sites excluding steroid dienone is 2. The summed E-state index contributed by atoms with van der Waals surface area (Å²) in [5, 5.41) is 15.5. The Bertz CT molecular complexity index is 913. The molecule has 0 radical (unpaired) electrons. The average molecular weight is 527 g/mol. The molecule has 4 heteroatoms. The van der Waals surface area contributed by atoms with Crippen molar-refractivity contribution in [1.29, 1.82) is 0 Å². The normalized spacial score (nSPS) is 38.3. The fourth-order valence-electron chi connectivity index (χ4n) is 10.3. The lowest BCUT2D eigenvalue weighted by Gasteiger charge is -2.67. The number of fused-ring (bicyclic) bond motifs is 3. The number of piperidine rings is 1. The first-order valence-electron chi connectivity index (χ1n) is 15.6. The van der Waals surface area contributed by atoms with Gasteiger partial charge in [-0.3, -0.25) is 4.79 Å². The highest BCUT2D eigenvalue weighted by Gasteiger charge is 2.65. The van der Waals surface area contributed by atoms with Crippen molar-refractivity contribution >= 4 is 5.91 Å². The summed E-state index contributed by atoms with van der Waals surface area (Å²) in [6, 6.07) is 0. The van der Waals surface area contributed by atoms with Crippen LogP contribution >= 0.6 is 0 Å². The van der Waals surface area contributed by atoms with Crippen LogP contribution in [-0.2, 0) is 4.79 Å². The summed E-state index contributed by atoms with van der Waals surface area (Å²) in [5.74, 6) is 2.72. The number of carbonyl (C=O) groups is 1. The van der Waals surface area contributed by atoms with Crippen molar-refractivity contribution in [2.75, 3.05) is 19.6 Å². The Balaban J connectivity index is 1.54. The summed E-state index contributed by atoms with van der Waals surface area (Å²) >= 11 is 0. The molecule has 4 fully saturated rings. The number of hydrogen-bond acceptors (Lipinski definition) is 3. The van der Waals surface area contributed by atoms with Crippen LogP contribution in [0.4, 0.5) is 0 Å². The average Bonchev–Trinajstić information content (AvgIpc) is 3.20. The monoisotopic (exact) mass is 526 g/mol. The van der Waals surface area contributed by atoms with E-state index in [1.807, 2.05) is 4.90 Å². The first-order chi connectivity index (χ1) is 17.6. The van der Waals surface area contributed by atoms with Crippen molar-refractivity contribution in [3.8, 4) is 0 Å². The molecular weight excluding hydrogens is 468 g/mol. The molecule has 6 atom stereocenters. The minimum absolute atomic E-state index is 0.125. The number of hydrogen-bond donors (Lipinski definition) is 2. The Morgan fingerprint density at radius 1 is 1.05 bits per heavy atom. The van der Waals surface area contributed by atoms with Crippen molar-refractivity contribution < 1.29 is 9.90 Å². The third-order valence-corrected chi connectivity index (χ3v) is 12.9. The molecule has 1 aliphatic heterocycles. The lowest BCUT2D eigenvalue weighted by atomic mass is 9.39. The van der Waals surface area contributed by atoms with E-state index < -0.39 is 5.60 Å². The lowest BCUT2D eigenvalue weighted by Crippen LogP contribution is -2.65. The molecular formula is C34H58N2O2. The second-order valence-corrected chi connectivity index (χ2v) is 15.4. The van der Waals surface area contributed by atoms with Gasteiger partial charge in [-0.05, 0) is 118 Å². The lowest BCUT2D eigenvalue weighted by molar-refractivity contribution is -0.167. The molecule has 0 aromatic heterocycles. The molecule has 4 aliphatic rings. The van der Waals surface area contributed by atoms with E-state index in [0.29, 0.717) is 55.0 Å². The first kappa shape index (κ1) is 29.8. The predicted octanol–water partition coefficient (Wildman–Crippen LogP) is 7.14. The van der Waals surface area contributed by atoms with Gasteiger partial charge in [0.25, 0.3) is 0 Å². The summed E-state index contributed by atoms with van der Waals surface area (Å²) in [7, 11) is 0. The number of amides is 1. The van der Waals surface area contributed by atoms with Gasteiger partial charge in [-0.25, -0.2) is 0 Å². The van der Waals surface area contributed by atoms with Crippen LogP contribution < -0.4 is 5.32 Å². The molecule has 4 nitrogen and oxygen atoms in total. The van der Waals surface area contributed by atoms with Gasteiger partial charge >= 0.3 is 0 Å². The van der Waals surface area contributed by atoms with Crippen LogP contribution in [0.25, 0.3) is 0 Å². The van der Waals surface area contributed by atoms with Gasteiger partial charge < -0.3 is 15.3 Å². The zero-order valence-corrected chi connectivity index (χ0v) is 25.8. The number of likely N-dealkylation sites (tertiary alicyclic amines) is 1. The molecule has 4 rings (SSSR count). The van der Waals surface area contributed by atoms with Crippen molar-refractivity contribution in [3.05, 3.63) is 24.8 Å². The van der Waals surface area contributed by atoms with Gasteiger partial charge in [0.1, 0.15) is 0 Å². The maximum Gasteiger partial charge on any atom is 0.219 e. The third kappa shape index (κ3) is 4.95. The Kier molecular flexibility index (Phi) is 8.14. The van der Waals surface area contributed by atoms with Crippen LogP contribution in [0.5, 0.6) is 0 Å². The highest BCUT2D eigenvalue weighted by Crippen LogP contribution is 2.70. The SMILES string of the molecule is C=CCC(C)(C)[C@H]1CC[C@@H]2[C@H]3[C@H](C(=C)C)CC[C@]3(NCCC3(O)CCN(C(C)=O)CC3)CC[C@@]2(C)C1(C)C. The minimum Gasteiger partial charge on any atom is -0.390 e. The van der Waals surface area contributed by atoms with E-state index >= 15 is 0 Å². The van der Waals surface area contributed by atoms with Crippen LogP contribution in [0.3, 0.4) is 0 Å².